The highest BCUT2D eigenvalue weighted by atomic mass is 16.5. The molecule has 126 valence electrons. The highest BCUT2D eigenvalue weighted by Gasteiger charge is 2.50. The van der Waals surface area contributed by atoms with Crippen molar-refractivity contribution in [3.63, 3.8) is 0 Å². The third-order valence-electron chi connectivity index (χ3n) is 3.68. The van der Waals surface area contributed by atoms with Gasteiger partial charge in [-0.3, -0.25) is 9.59 Å². The molecule has 0 amide bonds. The minimum absolute atomic E-state index is 0.186. The summed E-state index contributed by atoms with van der Waals surface area (Å²) in [4.78, 5) is 24.8. The zero-order valence-corrected chi connectivity index (χ0v) is 14.5. The molecular formula is C17H29NO4. The lowest BCUT2D eigenvalue weighted by atomic mass is 9.70. The van der Waals surface area contributed by atoms with E-state index in [1.165, 1.54) is 0 Å². The number of rotatable bonds is 10. The van der Waals surface area contributed by atoms with Crippen LogP contribution in [0.4, 0.5) is 0 Å². The molecule has 0 aliphatic rings. The van der Waals surface area contributed by atoms with Crippen LogP contribution in [0, 0.1) is 28.6 Å². The van der Waals surface area contributed by atoms with Crippen molar-refractivity contribution in [1.82, 2.24) is 0 Å². The number of hydrogen-bond acceptors (Lipinski definition) is 5. The number of hydrogen-bond donors (Lipinski definition) is 0. The van der Waals surface area contributed by atoms with Gasteiger partial charge in [-0.05, 0) is 32.6 Å². The lowest BCUT2D eigenvalue weighted by Crippen LogP contribution is -2.43. The van der Waals surface area contributed by atoms with Crippen molar-refractivity contribution in [1.29, 1.82) is 5.26 Å². The van der Waals surface area contributed by atoms with E-state index in [0.717, 1.165) is 6.42 Å². The van der Waals surface area contributed by atoms with Gasteiger partial charge in [-0.2, -0.15) is 5.26 Å². The Morgan fingerprint density at radius 2 is 1.68 bits per heavy atom. The van der Waals surface area contributed by atoms with Crippen LogP contribution in [-0.4, -0.2) is 25.2 Å². The molecule has 0 aliphatic carbocycles. The number of ether oxygens (including phenoxy) is 2. The van der Waals surface area contributed by atoms with E-state index in [1.54, 1.807) is 13.8 Å². The first-order valence-electron chi connectivity index (χ1n) is 8.14. The molecule has 5 nitrogen and oxygen atoms in total. The Morgan fingerprint density at radius 3 is 2.09 bits per heavy atom. The third-order valence-corrected chi connectivity index (χ3v) is 3.68. The summed E-state index contributed by atoms with van der Waals surface area (Å²) in [5.41, 5.74) is -1.45. The van der Waals surface area contributed by atoms with Crippen LogP contribution in [0.2, 0.25) is 0 Å². The topological polar surface area (TPSA) is 76.4 Å². The number of nitriles is 1. The molecule has 0 rings (SSSR count). The Bertz CT molecular complexity index is 400. The van der Waals surface area contributed by atoms with Gasteiger partial charge in [-0.25, -0.2) is 0 Å². The van der Waals surface area contributed by atoms with Crippen LogP contribution in [-0.2, 0) is 19.1 Å². The van der Waals surface area contributed by atoms with E-state index >= 15 is 0 Å². The Hall–Kier alpha value is -1.57. The van der Waals surface area contributed by atoms with Crippen molar-refractivity contribution in [3.05, 3.63) is 0 Å². The summed E-state index contributed by atoms with van der Waals surface area (Å²) in [5, 5.41) is 9.70. The minimum atomic E-state index is -1.45. The number of carbonyl (C=O) groups excluding carboxylic acids is 2. The van der Waals surface area contributed by atoms with Crippen molar-refractivity contribution in [2.24, 2.45) is 17.3 Å². The average Bonchev–Trinajstić information content (AvgIpc) is 2.46. The van der Waals surface area contributed by atoms with E-state index in [9.17, 15) is 14.9 Å². The first-order chi connectivity index (χ1) is 10.4. The number of nitrogens with zero attached hydrogens (tertiary/aromatic N) is 1. The lowest BCUT2D eigenvalue weighted by molar-refractivity contribution is -0.166. The van der Waals surface area contributed by atoms with E-state index < -0.39 is 23.3 Å². The first-order valence-corrected chi connectivity index (χ1v) is 8.14. The van der Waals surface area contributed by atoms with Crippen molar-refractivity contribution >= 4 is 11.9 Å². The van der Waals surface area contributed by atoms with Gasteiger partial charge >= 0.3 is 11.9 Å². The van der Waals surface area contributed by atoms with E-state index in [-0.39, 0.29) is 13.2 Å². The predicted molar refractivity (Wildman–Crippen MR) is 83.8 cm³/mol. The Kier molecular flexibility index (Phi) is 9.48. The smallest absolute Gasteiger partial charge is 0.327 e. The van der Waals surface area contributed by atoms with Gasteiger partial charge in [-0.1, -0.05) is 33.6 Å². The molecule has 0 aromatic rings. The molecule has 0 saturated heterocycles. The molecule has 0 N–H and O–H groups in total. The summed E-state index contributed by atoms with van der Waals surface area (Å²) >= 11 is 0. The van der Waals surface area contributed by atoms with Crippen molar-refractivity contribution in [2.75, 3.05) is 13.2 Å². The normalized spacial score (nSPS) is 14.8. The quantitative estimate of drug-likeness (QED) is 0.577. The monoisotopic (exact) mass is 311 g/mol. The molecule has 22 heavy (non-hydrogen) atoms. The highest BCUT2D eigenvalue weighted by molar-refractivity contribution is 5.88. The number of esters is 2. The molecule has 0 aromatic heterocycles. The van der Waals surface area contributed by atoms with Gasteiger partial charge in [0.05, 0.1) is 25.2 Å². The maximum absolute atomic E-state index is 12.4. The van der Waals surface area contributed by atoms with Crippen LogP contribution in [0.1, 0.15) is 60.3 Å². The van der Waals surface area contributed by atoms with Gasteiger partial charge in [0.25, 0.3) is 0 Å². The van der Waals surface area contributed by atoms with Gasteiger partial charge in [-0.15, -0.1) is 0 Å². The third kappa shape index (κ3) is 5.32. The van der Waals surface area contributed by atoms with E-state index in [0.29, 0.717) is 25.2 Å². The summed E-state index contributed by atoms with van der Waals surface area (Å²) in [6.07, 6.45) is 2.10. The fourth-order valence-corrected chi connectivity index (χ4v) is 2.56. The first kappa shape index (κ1) is 20.4. The van der Waals surface area contributed by atoms with Gasteiger partial charge < -0.3 is 9.47 Å². The fraction of sp³-hybridized carbons (Fsp3) is 0.824. The number of carbonyl (C=O) groups is 2. The van der Waals surface area contributed by atoms with Crippen LogP contribution in [0.5, 0.6) is 0 Å². The second-order valence-electron chi connectivity index (χ2n) is 5.83. The standard InChI is InChI=1S/C17H29NO4/c1-6-11-17(12-18,16(20)22-8-3)14(10-9-13(4)5)15(19)21-7-2/h13-14H,6-11H2,1-5H3. The molecule has 0 saturated carbocycles. The summed E-state index contributed by atoms with van der Waals surface area (Å²) in [6, 6.07) is 2.09. The fourth-order valence-electron chi connectivity index (χ4n) is 2.56. The zero-order valence-electron chi connectivity index (χ0n) is 14.5. The van der Waals surface area contributed by atoms with E-state index in [4.69, 9.17) is 9.47 Å². The van der Waals surface area contributed by atoms with E-state index in [2.05, 4.69) is 6.07 Å². The predicted octanol–water partition coefficient (Wildman–Crippen LogP) is 3.48. The van der Waals surface area contributed by atoms with Crippen molar-refractivity contribution < 1.29 is 19.1 Å². The SMILES string of the molecule is CCCC(C#N)(C(=O)OCC)C(CCC(C)C)C(=O)OCC. The maximum atomic E-state index is 12.4. The van der Waals surface area contributed by atoms with Gasteiger partial charge in [0.15, 0.2) is 5.41 Å². The largest absolute Gasteiger partial charge is 0.466 e. The lowest BCUT2D eigenvalue weighted by Gasteiger charge is -2.31. The molecule has 0 spiro atoms. The Labute approximate surface area is 134 Å². The second-order valence-corrected chi connectivity index (χ2v) is 5.83. The minimum Gasteiger partial charge on any atom is -0.466 e. The molecular weight excluding hydrogens is 282 g/mol. The van der Waals surface area contributed by atoms with Crippen molar-refractivity contribution in [2.45, 2.75) is 60.3 Å². The van der Waals surface area contributed by atoms with Crippen molar-refractivity contribution in [3.8, 4) is 6.07 Å². The van der Waals surface area contributed by atoms with Gasteiger partial charge in [0, 0.05) is 0 Å². The molecule has 0 heterocycles. The zero-order chi connectivity index (χ0) is 17.2. The average molecular weight is 311 g/mol. The molecule has 0 fully saturated rings. The molecule has 0 aromatic carbocycles. The van der Waals surface area contributed by atoms with Gasteiger partial charge in [0.1, 0.15) is 0 Å². The Morgan fingerprint density at radius 1 is 1.09 bits per heavy atom. The van der Waals surface area contributed by atoms with Gasteiger partial charge in [0.2, 0.25) is 0 Å². The maximum Gasteiger partial charge on any atom is 0.327 e. The molecule has 5 heteroatoms. The molecule has 0 aliphatic heterocycles. The van der Waals surface area contributed by atoms with Crippen LogP contribution in [0.15, 0.2) is 0 Å². The Balaban J connectivity index is 5.64. The molecule has 2 atom stereocenters. The van der Waals surface area contributed by atoms with Crippen LogP contribution in [0.3, 0.4) is 0 Å². The van der Waals surface area contributed by atoms with Crippen LogP contribution >= 0.6 is 0 Å². The molecule has 0 radical (unpaired) electrons. The molecule has 2 unspecified atom stereocenters. The summed E-state index contributed by atoms with van der Waals surface area (Å²) < 4.78 is 10.2. The summed E-state index contributed by atoms with van der Waals surface area (Å²) in [5.74, 6) is -1.50. The second kappa shape index (κ2) is 10.2. The van der Waals surface area contributed by atoms with Crippen LogP contribution in [0.25, 0.3) is 0 Å². The summed E-state index contributed by atoms with van der Waals surface area (Å²) in [7, 11) is 0. The highest BCUT2D eigenvalue weighted by Crippen LogP contribution is 2.38. The summed E-state index contributed by atoms with van der Waals surface area (Å²) in [6.45, 7) is 9.80. The van der Waals surface area contributed by atoms with Crippen LogP contribution < -0.4 is 0 Å². The molecule has 0 bridgehead atoms. The van der Waals surface area contributed by atoms with E-state index in [1.807, 2.05) is 20.8 Å².